The van der Waals surface area contributed by atoms with Crippen molar-refractivity contribution < 1.29 is 13.2 Å². The number of aromatic amines is 1. The van der Waals surface area contributed by atoms with E-state index in [1.54, 1.807) is 42.3 Å². The monoisotopic (exact) mass is 517 g/mol. The number of aromatic nitrogens is 7. The molecule has 3 heterocycles. The fourth-order valence-corrected chi connectivity index (χ4v) is 4.88. The van der Waals surface area contributed by atoms with Crippen molar-refractivity contribution in [2.45, 2.75) is 31.4 Å². The molecule has 176 valence electrons. The van der Waals surface area contributed by atoms with Crippen LogP contribution in [0.4, 0.5) is 11.8 Å². The van der Waals surface area contributed by atoms with Gasteiger partial charge in [-0.05, 0) is 36.0 Å². The zero-order valence-corrected chi connectivity index (χ0v) is 20.4. The first-order valence-corrected chi connectivity index (χ1v) is 13.2. The van der Waals surface area contributed by atoms with Gasteiger partial charge in [-0.2, -0.15) is 10.1 Å². The van der Waals surface area contributed by atoms with Crippen LogP contribution >= 0.6 is 23.5 Å². The predicted octanol–water partition coefficient (Wildman–Crippen LogP) is 1.80. The van der Waals surface area contributed by atoms with Crippen molar-refractivity contribution in [1.29, 1.82) is 0 Å². The molecule has 4 N–H and O–H groups in total. The Hall–Kier alpha value is -3.43. The minimum atomic E-state index is -3.30. The molecule has 4 rings (SSSR count). The summed E-state index contributed by atoms with van der Waals surface area (Å²) in [4.78, 5) is 26.7. The van der Waals surface area contributed by atoms with Crippen LogP contribution in [0.25, 0.3) is 0 Å². The molecule has 1 aromatic carbocycles. The smallest absolute Gasteiger partial charge is 0.231 e. The highest BCUT2D eigenvalue weighted by molar-refractivity contribution is 7.99. The number of nitrogen functional groups attached to an aromatic ring is 1. The number of hydrogen-bond donors (Lipinski definition) is 3. The van der Waals surface area contributed by atoms with Gasteiger partial charge in [-0.25, -0.2) is 23.5 Å². The maximum Gasteiger partial charge on any atom is 0.231 e. The van der Waals surface area contributed by atoms with E-state index in [1.165, 1.54) is 23.9 Å². The third-order valence-corrected chi connectivity index (χ3v) is 7.18. The minimum absolute atomic E-state index is 0.0577. The van der Waals surface area contributed by atoms with Gasteiger partial charge in [-0.15, -0.1) is 5.10 Å². The van der Waals surface area contributed by atoms with Gasteiger partial charge in [-0.3, -0.25) is 9.48 Å². The molecule has 0 bridgehead atoms. The van der Waals surface area contributed by atoms with Crippen LogP contribution in [0.2, 0.25) is 0 Å². The summed E-state index contributed by atoms with van der Waals surface area (Å²) < 4.78 is 25.0. The number of carbonyl (C=O) groups is 1. The summed E-state index contributed by atoms with van der Waals surface area (Å²) in [5.41, 5.74) is 6.00. The maximum absolute atomic E-state index is 12.7. The van der Waals surface area contributed by atoms with E-state index in [-0.39, 0.29) is 23.2 Å². The first-order valence-electron chi connectivity index (χ1n) is 9.65. The van der Waals surface area contributed by atoms with Crippen LogP contribution in [0.15, 0.2) is 67.7 Å². The summed E-state index contributed by atoms with van der Waals surface area (Å²) in [5.74, 6) is 0.287. The number of aryl methyl sites for hydroxylation is 1. The van der Waals surface area contributed by atoms with Crippen molar-refractivity contribution >= 4 is 51.0 Å². The SMILES string of the molecule is Cn1ccc(NC(=O)Cc2nc(Sc3n[nH]c(N)n3)cnc2Sc2ccc(S(C)(=O)=O)cc2)n1. The number of carbonyl (C=O) groups excluding carboxylic acids is 1. The van der Waals surface area contributed by atoms with E-state index in [0.29, 0.717) is 26.7 Å². The first kappa shape index (κ1) is 23.7. The number of amides is 1. The van der Waals surface area contributed by atoms with Crippen molar-refractivity contribution in [2.24, 2.45) is 7.05 Å². The van der Waals surface area contributed by atoms with Crippen molar-refractivity contribution in [3.05, 3.63) is 48.4 Å². The molecule has 0 aliphatic carbocycles. The van der Waals surface area contributed by atoms with Crippen LogP contribution in [0.3, 0.4) is 0 Å². The number of benzene rings is 1. The lowest BCUT2D eigenvalue weighted by atomic mass is 10.3. The van der Waals surface area contributed by atoms with Gasteiger partial charge in [-0.1, -0.05) is 11.8 Å². The molecule has 0 saturated carbocycles. The van der Waals surface area contributed by atoms with Gasteiger partial charge in [0.25, 0.3) is 0 Å². The lowest BCUT2D eigenvalue weighted by Crippen LogP contribution is -2.17. The molecule has 1 amide bonds. The van der Waals surface area contributed by atoms with Gasteiger partial charge in [0.1, 0.15) is 10.1 Å². The van der Waals surface area contributed by atoms with E-state index in [9.17, 15) is 13.2 Å². The highest BCUT2D eigenvalue weighted by Crippen LogP contribution is 2.31. The van der Waals surface area contributed by atoms with Gasteiger partial charge in [0.2, 0.25) is 17.0 Å². The fourth-order valence-electron chi connectivity index (χ4n) is 2.73. The first-order chi connectivity index (χ1) is 16.2. The van der Waals surface area contributed by atoms with Crippen molar-refractivity contribution in [3.63, 3.8) is 0 Å². The summed E-state index contributed by atoms with van der Waals surface area (Å²) >= 11 is 2.42. The zero-order valence-electron chi connectivity index (χ0n) is 18.0. The lowest BCUT2D eigenvalue weighted by Gasteiger charge is -2.09. The average molecular weight is 518 g/mol. The normalized spacial score (nSPS) is 11.5. The summed E-state index contributed by atoms with van der Waals surface area (Å²) in [7, 11) is -1.55. The van der Waals surface area contributed by atoms with Gasteiger partial charge in [0.05, 0.1) is 23.2 Å². The average Bonchev–Trinajstić information content (AvgIpc) is 3.37. The predicted molar refractivity (Wildman–Crippen MR) is 126 cm³/mol. The second-order valence-electron chi connectivity index (χ2n) is 7.01. The fraction of sp³-hybridized carbons (Fsp3) is 0.158. The van der Waals surface area contributed by atoms with E-state index < -0.39 is 9.84 Å². The van der Waals surface area contributed by atoms with Crippen molar-refractivity contribution in [2.75, 3.05) is 17.3 Å². The highest BCUT2D eigenvalue weighted by Gasteiger charge is 2.17. The number of nitrogens with two attached hydrogens (primary N) is 1. The molecule has 0 aliphatic rings. The summed E-state index contributed by atoms with van der Waals surface area (Å²) in [5, 5.41) is 14.7. The lowest BCUT2D eigenvalue weighted by molar-refractivity contribution is -0.115. The third kappa shape index (κ3) is 6.12. The molecule has 0 radical (unpaired) electrons. The maximum atomic E-state index is 12.7. The van der Waals surface area contributed by atoms with E-state index in [4.69, 9.17) is 5.73 Å². The van der Waals surface area contributed by atoms with Gasteiger partial charge in [0.15, 0.2) is 15.7 Å². The zero-order chi connectivity index (χ0) is 24.3. The van der Waals surface area contributed by atoms with E-state index in [2.05, 4.69) is 35.6 Å². The topological polar surface area (TPSA) is 174 Å². The number of nitrogens with zero attached hydrogens (tertiary/aromatic N) is 6. The van der Waals surface area contributed by atoms with Gasteiger partial charge in [0, 0.05) is 30.5 Å². The molecule has 0 spiro atoms. The molecule has 4 aromatic rings. The van der Waals surface area contributed by atoms with Crippen LogP contribution in [0.1, 0.15) is 5.69 Å². The molecule has 0 atom stereocenters. The Bertz CT molecular complexity index is 1430. The molecule has 3 aromatic heterocycles. The molecular weight excluding hydrogens is 498 g/mol. The van der Waals surface area contributed by atoms with Crippen LogP contribution in [-0.2, 0) is 28.1 Å². The largest absolute Gasteiger partial charge is 0.368 e. The Kier molecular flexibility index (Phi) is 6.85. The van der Waals surface area contributed by atoms with Crippen molar-refractivity contribution in [1.82, 2.24) is 34.9 Å². The number of nitrogens with one attached hydrogen (secondary N) is 2. The number of H-pyrrole nitrogens is 1. The Labute approximate surface area is 203 Å². The Morgan fingerprint density at radius 2 is 1.94 bits per heavy atom. The van der Waals surface area contributed by atoms with Crippen LogP contribution in [-0.4, -0.2) is 55.5 Å². The van der Waals surface area contributed by atoms with Crippen LogP contribution < -0.4 is 11.1 Å². The summed E-state index contributed by atoms with van der Waals surface area (Å²) in [6.45, 7) is 0. The molecule has 34 heavy (non-hydrogen) atoms. The molecule has 0 unspecified atom stereocenters. The van der Waals surface area contributed by atoms with E-state index >= 15 is 0 Å². The summed E-state index contributed by atoms with van der Waals surface area (Å²) in [6.07, 6.45) is 4.36. The molecule has 15 heteroatoms. The second-order valence-corrected chi connectivity index (χ2v) is 11.1. The number of rotatable bonds is 8. The Balaban J connectivity index is 1.58. The molecule has 0 aliphatic heterocycles. The molecule has 0 fully saturated rings. The Morgan fingerprint density at radius 3 is 2.56 bits per heavy atom. The number of anilines is 2. The van der Waals surface area contributed by atoms with Gasteiger partial charge >= 0.3 is 0 Å². The molecular formula is C19H19N9O3S3. The second kappa shape index (κ2) is 9.82. The highest BCUT2D eigenvalue weighted by atomic mass is 32.2. The standard InChI is InChI=1S/C19H19N9O3S3/c1-28-8-7-14(27-28)23-15(29)9-13-17(32-11-3-5-12(6-4-11)34(2,30)31)21-10-16(22-13)33-19-24-18(20)25-26-19/h3-8,10H,9H2,1-2H3,(H,23,27,29)(H3,20,24,25,26). The van der Waals surface area contributed by atoms with E-state index in [0.717, 1.165) is 22.9 Å². The van der Waals surface area contributed by atoms with Crippen LogP contribution in [0, 0.1) is 0 Å². The number of sulfone groups is 1. The summed E-state index contributed by atoms with van der Waals surface area (Å²) in [6, 6.07) is 8.09. The van der Waals surface area contributed by atoms with Gasteiger partial charge < -0.3 is 11.1 Å². The number of hydrogen-bond acceptors (Lipinski definition) is 11. The Morgan fingerprint density at radius 1 is 1.18 bits per heavy atom. The van der Waals surface area contributed by atoms with Crippen molar-refractivity contribution in [3.8, 4) is 0 Å². The molecule has 12 nitrogen and oxygen atoms in total. The third-order valence-electron chi connectivity index (χ3n) is 4.24. The minimum Gasteiger partial charge on any atom is -0.368 e. The van der Waals surface area contributed by atoms with E-state index in [1.807, 2.05) is 0 Å². The molecule has 0 saturated heterocycles. The van der Waals surface area contributed by atoms with Crippen LogP contribution in [0.5, 0.6) is 0 Å². The quantitative estimate of drug-likeness (QED) is 0.311.